The van der Waals surface area contributed by atoms with Crippen molar-refractivity contribution in [3.05, 3.63) is 95.6 Å². The number of rotatable bonds is 33. The number of unbranched alkanes of at least 4 members (excludes halogenated alkanes) is 16. The Bertz CT molecular complexity index is 1280. The van der Waals surface area contributed by atoms with Crippen molar-refractivity contribution in [3.8, 4) is 17.6 Å². The second-order valence-electron chi connectivity index (χ2n) is 13.9. The molecule has 0 aliphatic carbocycles. The first-order valence-corrected chi connectivity index (χ1v) is 22.9. The summed E-state index contributed by atoms with van der Waals surface area (Å²) in [6.45, 7) is 2.09. The Balaban J connectivity index is 1.20. The zero-order chi connectivity index (χ0) is 37.5. The fraction of sp³-hybridized carbons (Fsp3) is 0.587. The lowest BCUT2D eigenvalue weighted by atomic mass is 9.80. The highest BCUT2D eigenvalue weighted by Crippen LogP contribution is 2.42. The standard InChI is InChI=1S/C46H67NO4S2/c1-48-44-31-27-42(28-32-44)46(41-25-18-17-19-26-41,43-29-33-45(49-2)34-30-43)51-38-21-14-10-6-4-8-12-16-23-40-53-52-39-22-15-11-7-3-5-9-13-20-36-50-37-24-35-47/h17-19,25-34H,3-16,20-24,36-40H2,1-2H3. The van der Waals surface area contributed by atoms with E-state index in [0.717, 1.165) is 47.6 Å². The highest BCUT2D eigenvalue weighted by molar-refractivity contribution is 8.76. The van der Waals surface area contributed by atoms with E-state index in [0.29, 0.717) is 19.6 Å². The van der Waals surface area contributed by atoms with Crippen LogP contribution in [0, 0.1) is 11.3 Å². The van der Waals surface area contributed by atoms with E-state index >= 15 is 0 Å². The third-order valence-corrected chi connectivity index (χ3v) is 12.4. The molecule has 3 aromatic carbocycles. The topological polar surface area (TPSA) is 60.7 Å². The molecule has 0 saturated heterocycles. The molecule has 3 rings (SSSR count). The second kappa shape index (κ2) is 29.7. The van der Waals surface area contributed by atoms with E-state index in [1.54, 1.807) is 14.2 Å². The van der Waals surface area contributed by atoms with E-state index < -0.39 is 5.60 Å². The Morgan fingerprint density at radius 3 is 1.30 bits per heavy atom. The molecule has 0 N–H and O–H groups in total. The Labute approximate surface area is 330 Å². The summed E-state index contributed by atoms with van der Waals surface area (Å²) in [7, 11) is 7.58. The lowest BCUT2D eigenvalue weighted by molar-refractivity contribution is 0.0106. The van der Waals surface area contributed by atoms with Crippen LogP contribution in [0.1, 0.15) is 139 Å². The average Bonchev–Trinajstić information content (AvgIpc) is 3.21. The van der Waals surface area contributed by atoms with E-state index in [-0.39, 0.29) is 0 Å². The van der Waals surface area contributed by atoms with Gasteiger partial charge in [0.15, 0.2) is 0 Å². The van der Waals surface area contributed by atoms with Crippen LogP contribution in [0.5, 0.6) is 11.5 Å². The summed E-state index contributed by atoms with van der Waals surface area (Å²) < 4.78 is 23.4. The van der Waals surface area contributed by atoms with Gasteiger partial charge in [-0.3, -0.25) is 0 Å². The van der Waals surface area contributed by atoms with Gasteiger partial charge in [-0.2, -0.15) is 5.26 Å². The van der Waals surface area contributed by atoms with Gasteiger partial charge in [0.05, 0.1) is 33.3 Å². The lowest BCUT2D eigenvalue weighted by Crippen LogP contribution is -2.33. The van der Waals surface area contributed by atoms with E-state index in [4.69, 9.17) is 24.2 Å². The van der Waals surface area contributed by atoms with Gasteiger partial charge in [0, 0.05) is 24.7 Å². The minimum absolute atomic E-state index is 0.511. The van der Waals surface area contributed by atoms with Crippen molar-refractivity contribution in [2.75, 3.05) is 45.5 Å². The first-order valence-electron chi connectivity index (χ1n) is 20.4. The zero-order valence-electron chi connectivity index (χ0n) is 32.9. The smallest absolute Gasteiger partial charge is 0.143 e. The number of methoxy groups -OCH3 is 2. The molecule has 0 atom stereocenters. The lowest BCUT2D eigenvalue weighted by Gasteiger charge is -2.36. The van der Waals surface area contributed by atoms with Crippen LogP contribution < -0.4 is 9.47 Å². The summed E-state index contributed by atoms with van der Waals surface area (Å²) in [5, 5.41) is 8.50. The molecular formula is C46H67NO4S2. The molecule has 7 heteroatoms. The highest BCUT2D eigenvalue weighted by Gasteiger charge is 2.37. The maximum atomic E-state index is 8.50. The van der Waals surface area contributed by atoms with Gasteiger partial charge in [0.2, 0.25) is 0 Å². The van der Waals surface area contributed by atoms with E-state index in [1.165, 1.54) is 114 Å². The molecule has 0 unspecified atom stereocenters. The zero-order valence-corrected chi connectivity index (χ0v) is 34.5. The minimum Gasteiger partial charge on any atom is -0.497 e. The normalized spacial score (nSPS) is 11.4. The molecule has 0 aliphatic heterocycles. The number of hydrogen-bond acceptors (Lipinski definition) is 7. The third kappa shape index (κ3) is 18.0. The van der Waals surface area contributed by atoms with Gasteiger partial charge in [-0.15, -0.1) is 0 Å². The average molecular weight is 762 g/mol. The Hall–Kier alpha value is -2.63. The van der Waals surface area contributed by atoms with Crippen molar-refractivity contribution in [2.45, 2.75) is 128 Å². The maximum Gasteiger partial charge on any atom is 0.143 e. The molecule has 0 heterocycles. The SMILES string of the molecule is COc1ccc(C(OCCCCCCCCCCCSSCCCCCCCCCCCOCCC#N)(c2ccccc2)c2ccc(OC)cc2)cc1. The van der Waals surface area contributed by atoms with Crippen LogP contribution in [0.25, 0.3) is 0 Å². The summed E-state index contributed by atoms with van der Waals surface area (Å²) in [6, 6.07) is 29.3. The fourth-order valence-electron chi connectivity index (χ4n) is 6.74. The molecule has 0 saturated carbocycles. The van der Waals surface area contributed by atoms with Gasteiger partial charge in [-0.25, -0.2) is 0 Å². The molecule has 3 aromatic rings. The number of nitriles is 1. The number of nitrogens with zero attached hydrogens (tertiary/aromatic N) is 1. The summed E-state index contributed by atoms with van der Waals surface area (Å²) in [6.07, 6.45) is 24.1. The molecule has 0 bridgehead atoms. The molecule has 53 heavy (non-hydrogen) atoms. The van der Waals surface area contributed by atoms with Crippen molar-refractivity contribution in [1.82, 2.24) is 0 Å². The van der Waals surface area contributed by atoms with Crippen molar-refractivity contribution < 1.29 is 18.9 Å². The highest BCUT2D eigenvalue weighted by atomic mass is 33.1. The molecule has 292 valence electrons. The van der Waals surface area contributed by atoms with Crippen molar-refractivity contribution in [3.63, 3.8) is 0 Å². The van der Waals surface area contributed by atoms with Crippen molar-refractivity contribution in [1.29, 1.82) is 5.26 Å². The fourth-order valence-corrected chi connectivity index (χ4v) is 9.03. The Kier molecular flexibility index (Phi) is 25.1. The predicted octanol–water partition coefficient (Wildman–Crippen LogP) is 13.3. The maximum absolute atomic E-state index is 8.50. The quantitative estimate of drug-likeness (QED) is 0.0348. The van der Waals surface area contributed by atoms with Crippen LogP contribution in [0.3, 0.4) is 0 Å². The number of hydrogen-bond donors (Lipinski definition) is 0. The molecular weight excluding hydrogens is 695 g/mol. The summed E-state index contributed by atoms with van der Waals surface area (Å²) in [5.41, 5.74) is 2.56. The molecule has 0 amide bonds. The minimum atomic E-state index is -0.728. The molecule has 0 spiro atoms. The van der Waals surface area contributed by atoms with Crippen LogP contribution in [-0.4, -0.2) is 45.5 Å². The molecule has 0 aliphatic rings. The Morgan fingerprint density at radius 2 is 0.868 bits per heavy atom. The van der Waals surface area contributed by atoms with Crippen LogP contribution in [-0.2, 0) is 15.1 Å². The van der Waals surface area contributed by atoms with Gasteiger partial charge in [0.25, 0.3) is 0 Å². The van der Waals surface area contributed by atoms with Gasteiger partial charge in [-0.05, 0) is 66.6 Å². The van der Waals surface area contributed by atoms with E-state index in [9.17, 15) is 0 Å². The van der Waals surface area contributed by atoms with E-state index in [1.807, 2.05) is 24.3 Å². The van der Waals surface area contributed by atoms with Crippen LogP contribution >= 0.6 is 21.6 Å². The monoisotopic (exact) mass is 761 g/mol. The van der Waals surface area contributed by atoms with E-state index in [2.05, 4.69) is 82.3 Å². The van der Waals surface area contributed by atoms with Gasteiger partial charge in [-0.1, -0.05) is 166 Å². The van der Waals surface area contributed by atoms with Crippen molar-refractivity contribution >= 4 is 21.6 Å². The first kappa shape index (κ1) is 44.8. The summed E-state index contributed by atoms with van der Waals surface area (Å²) in [5.74, 6) is 4.27. The van der Waals surface area contributed by atoms with Crippen LogP contribution in [0.2, 0.25) is 0 Å². The van der Waals surface area contributed by atoms with Crippen LogP contribution in [0.15, 0.2) is 78.9 Å². The molecule has 0 aromatic heterocycles. The largest absolute Gasteiger partial charge is 0.497 e. The van der Waals surface area contributed by atoms with Gasteiger partial charge in [0.1, 0.15) is 17.1 Å². The molecule has 0 radical (unpaired) electrons. The second-order valence-corrected chi connectivity index (χ2v) is 16.6. The Morgan fingerprint density at radius 1 is 0.472 bits per heavy atom. The number of benzene rings is 3. The number of ether oxygens (including phenoxy) is 4. The van der Waals surface area contributed by atoms with Crippen molar-refractivity contribution in [2.24, 2.45) is 0 Å². The molecule has 0 fully saturated rings. The summed E-state index contributed by atoms with van der Waals surface area (Å²) in [4.78, 5) is 0. The predicted molar refractivity (Wildman–Crippen MR) is 227 cm³/mol. The third-order valence-electron chi connectivity index (χ3n) is 9.82. The van der Waals surface area contributed by atoms with Gasteiger partial charge < -0.3 is 18.9 Å². The van der Waals surface area contributed by atoms with Crippen LogP contribution in [0.4, 0.5) is 0 Å². The first-order chi connectivity index (χ1) is 26.2. The summed E-state index contributed by atoms with van der Waals surface area (Å²) >= 11 is 0. The molecule has 5 nitrogen and oxygen atoms in total. The van der Waals surface area contributed by atoms with Gasteiger partial charge >= 0.3 is 0 Å².